The van der Waals surface area contributed by atoms with Gasteiger partial charge in [0.2, 0.25) is 5.95 Å². The molecule has 0 unspecified atom stereocenters. The van der Waals surface area contributed by atoms with E-state index in [9.17, 15) is 0 Å². The van der Waals surface area contributed by atoms with E-state index in [0.717, 1.165) is 10.6 Å². The van der Waals surface area contributed by atoms with Gasteiger partial charge in [0, 0.05) is 9.13 Å². The summed E-state index contributed by atoms with van der Waals surface area (Å²) < 4.78 is 5.13. The molecule has 0 radical (unpaired) electrons. The Morgan fingerprint density at radius 2 is 1.92 bits per heavy atom. The van der Waals surface area contributed by atoms with Crippen molar-refractivity contribution in [2.24, 2.45) is 0 Å². The molecule has 0 bridgehead atoms. The van der Waals surface area contributed by atoms with Crippen molar-refractivity contribution in [3.63, 3.8) is 0 Å². The topological polar surface area (TPSA) is 51.8 Å². The van der Waals surface area contributed by atoms with E-state index < -0.39 is 0 Å². The standard InChI is InChI=1S/C8H6IN3S/c9-6-3-1-5(2-4-6)7-11-8(10)12-13-7/h1-4H,(H2,10,12). The number of aromatic nitrogens is 2. The molecule has 0 aliphatic heterocycles. The van der Waals surface area contributed by atoms with Gasteiger partial charge >= 0.3 is 0 Å². The van der Waals surface area contributed by atoms with E-state index in [2.05, 4.69) is 31.9 Å². The number of nitrogens with zero attached hydrogens (tertiary/aromatic N) is 2. The van der Waals surface area contributed by atoms with Crippen molar-refractivity contribution in [1.29, 1.82) is 0 Å². The van der Waals surface area contributed by atoms with Gasteiger partial charge in [0.05, 0.1) is 0 Å². The maximum absolute atomic E-state index is 5.43. The maximum atomic E-state index is 5.43. The maximum Gasteiger partial charge on any atom is 0.232 e. The van der Waals surface area contributed by atoms with E-state index >= 15 is 0 Å². The van der Waals surface area contributed by atoms with E-state index in [4.69, 9.17) is 5.73 Å². The zero-order valence-electron chi connectivity index (χ0n) is 6.57. The molecule has 0 amide bonds. The summed E-state index contributed by atoms with van der Waals surface area (Å²) in [6.07, 6.45) is 0. The predicted molar refractivity (Wildman–Crippen MR) is 62.5 cm³/mol. The third-order valence-electron chi connectivity index (χ3n) is 1.53. The van der Waals surface area contributed by atoms with Crippen molar-refractivity contribution in [2.75, 3.05) is 5.73 Å². The number of hydrogen-bond acceptors (Lipinski definition) is 4. The number of nitrogen functional groups attached to an aromatic ring is 1. The second-order valence-corrected chi connectivity index (χ2v) is 4.46. The van der Waals surface area contributed by atoms with Crippen LogP contribution in [-0.4, -0.2) is 9.36 Å². The largest absolute Gasteiger partial charge is 0.367 e. The predicted octanol–water partition coefficient (Wildman–Crippen LogP) is 2.39. The first-order valence-corrected chi connectivity index (χ1v) is 5.46. The van der Waals surface area contributed by atoms with Gasteiger partial charge in [0.25, 0.3) is 0 Å². The fraction of sp³-hybridized carbons (Fsp3) is 0. The fourth-order valence-corrected chi connectivity index (χ4v) is 1.90. The molecule has 2 aromatic rings. The van der Waals surface area contributed by atoms with Gasteiger partial charge in [-0.25, -0.2) is 0 Å². The zero-order chi connectivity index (χ0) is 9.26. The third kappa shape index (κ3) is 1.97. The van der Waals surface area contributed by atoms with Crippen LogP contribution in [0.2, 0.25) is 0 Å². The molecule has 0 aliphatic carbocycles. The number of halogens is 1. The minimum absolute atomic E-state index is 0.346. The molecule has 2 N–H and O–H groups in total. The van der Waals surface area contributed by atoms with Crippen LogP contribution in [0.25, 0.3) is 10.6 Å². The first-order chi connectivity index (χ1) is 6.25. The van der Waals surface area contributed by atoms with Crippen molar-refractivity contribution >= 4 is 40.1 Å². The van der Waals surface area contributed by atoms with Crippen LogP contribution in [0.5, 0.6) is 0 Å². The lowest BCUT2D eigenvalue weighted by molar-refractivity contribution is 1.34. The van der Waals surface area contributed by atoms with Crippen molar-refractivity contribution < 1.29 is 0 Å². The summed E-state index contributed by atoms with van der Waals surface area (Å²) in [6, 6.07) is 8.10. The highest BCUT2D eigenvalue weighted by Gasteiger charge is 2.02. The molecule has 0 spiro atoms. The van der Waals surface area contributed by atoms with Crippen LogP contribution >= 0.6 is 34.1 Å². The Labute approximate surface area is 93.3 Å². The first kappa shape index (κ1) is 8.89. The van der Waals surface area contributed by atoms with Crippen molar-refractivity contribution in [2.45, 2.75) is 0 Å². The number of benzene rings is 1. The highest BCUT2D eigenvalue weighted by Crippen LogP contribution is 2.22. The lowest BCUT2D eigenvalue weighted by Crippen LogP contribution is -1.85. The molecule has 3 nitrogen and oxygen atoms in total. The Balaban J connectivity index is 2.41. The molecule has 0 aliphatic rings. The van der Waals surface area contributed by atoms with Gasteiger partial charge in [-0.2, -0.15) is 9.36 Å². The minimum atomic E-state index is 0.346. The summed E-state index contributed by atoms with van der Waals surface area (Å²) in [5, 5.41) is 0.869. The Morgan fingerprint density at radius 1 is 1.23 bits per heavy atom. The van der Waals surface area contributed by atoms with Gasteiger partial charge in [-0.15, -0.1) is 0 Å². The average Bonchev–Trinajstić information content (AvgIpc) is 2.53. The molecule has 13 heavy (non-hydrogen) atoms. The molecule has 66 valence electrons. The van der Waals surface area contributed by atoms with Crippen LogP contribution in [0.1, 0.15) is 0 Å². The van der Waals surface area contributed by atoms with Gasteiger partial charge < -0.3 is 5.73 Å². The van der Waals surface area contributed by atoms with E-state index in [-0.39, 0.29) is 0 Å². The second kappa shape index (κ2) is 3.59. The number of nitrogens with two attached hydrogens (primary N) is 1. The highest BCUT2D eigenvalue weighted by atomic mass is 127. The van der Waals surface area contributed by atoms with Gasteiger partial charge in [0.15, 0.2) is 0 Å². The molecule has 1 heterocycles. The lowest BCUT2D eigenvalue weighted by atomic mass is 10.2. The average molecular weight is 303 g/mol. The third-order valence-corrected chi connectivity index (χ3v) is 3.03. The molecular formula is C8H6IN3S. The van der Waals surface area contributed by atoms with Crippen molar-refractivity contribution in [1.82, 2.24) is 9.36 Å². The molecule has 0 fully saturated rings. The van der Waals surface area contributed by atoms with Crippen LogP contribution < -0.4 is 5.73 Å². The van der Waals surface area contributed by atoms with Gasteiger partial charge in [0.1, 0.15) is 5.01 Å². The monoisotopic (exact) mass is 303 g/mol. The molecule has 5 heteroatoms. The number of rotatable bonds is 1. The smallest absolute Gasteiger partial charge is 0.232 e. The van der Waals surface area contributed by atoms with Crippen LogP contribution in [0.3, 0.4) is 0 Å². The summed E-state index contributed by atoms with van der Waals surface area (Å²) >= 11 is 3.58. The first-order valence-electron chi connectivity index (χ1n) is 3.61. The zero-order valence-corrected chi connectivity index (χ0v) is 9.54. The second-order valence-electron chi connectivity index (χ2n) is 2.46. The summed E-state index contributed by atoms with van der Waals surface area (Å²) in [4.78, 5) is 4.09. The molecule has 0 saturated carbocycles. The Morgan fingerprint density at radius 3 is 2.46 bits per heavy atom. The van der Waals surface area contributed by atoms with Gasteiger partial charge in [-0.1, -0.05) is 12.1 Å². The van der Waals surface area contributed by atoms with Crippen molar-refractivity contribution in [3.8, 4) is 10.6 Å². The molecule has 2 rings (SSSR count). The Hall–Kier alpha value is -0.690. The Bertz CT molecular complexity index is 410. The molecule has 0 atom stereocenters. The van der Waals surface area contributed by atoms with E-state index in [1.807, 2.05) is 24.3 Å². The highest BCUT2D eigenvalue weighted by molar-refractivity contribution is 14.1. The quantitative estimate of drug-likeness (QED) is 0.823. The summed E-state index contributed by atoms with van der Waals surface area (Å²) in [5.74, 6) is 0.346. The SMILES string of the molecule is Nc1nsc(-c2ccc(I)cc2)n1. The van der Waals surface area contributed by atoms with E-state index in [0.29, 0.717) is 5.95 Å². The van der Waals surface area contributed by atoms with Crippen LogP contribution in [-0.2, 0) is 0 Å². The number of anilines is 1. The van der Waals surface area contributed by atoms with Crippen LogP contribution in [0.15, 0.2) is 24.3 Å². The van der Waals surface area contributed by atoms with Gasteiger partial charge in [-0.05, 0) is 46.3 Å². The van der Waals surface area contributed by atoms with Crippen molar-refractivity contribution in [3.05, 3.63) is 27.8 Å². The molecule has 1 aromatic heterocycles. The summed E-state index contributed by atoms with van der Waals surface area (Å²) in [5.41, 5.74) is 6.50. The molecular weight excluding hydrogens is 297 g/mol. The molecule has 0 saturated heterocycles. The van der Waals surface area contributed by atoms with E-state index in [1.165, 1.54) is 15.1 Å². The minimum Gasteiger partial charge on any atom is -0.367 e. The summed E-state index contributed by atoms with van der Waals surface area (Å²) in [6.45, 7) is 0. The lowest BCUT2D eigenvalue weighted by Gasteiger charge is -1.94. The fourth-order valence-electron chi connectivity index (χ4n) is 0.945. The summed E-state index contributed by atoms with van der Waals surface area (Å²) in [7, 11) is 0. The molecule has 1 aromatic carbocycles. The Kier molecular flexibility index (Phi) is 2.45. The van der Waals surface area contributed by atoms with Crippen LogP contribution in [0, 0.1) is 3.57 Å². The van der Waals surface area contributed by atoms with Crippen LogP contribution in [0.4, 0.5) is 5.95 Å². The van der Waals surface area contributed by atoms with E-state index in [1.54, 1.807) is 0 Å². The van der Waals surface area contributed by atoms with Gasteiger partial charge in [-0.3, -0.25) is 0 Å². The normalized spacial score (nSPS) is 10.2. The number of hydrogen-bond donors (Lipinski definition) is 1.